The summed E-state index contributed by atoms with van der Waals surface area (Å²) in [5, 5.41) is 41.0. The van der Waals surface area contributed by atoms with E-state index in [0.717, 1.165) is 172 Å². The van der Waals surface area contributed by atoms with Crippen LogP contribution in [0.1, 0.15) is 101 Å². The molecular weight excluding hydrogens is 1310 g/mol. The molecule has 15 aromatic rings. The zero-order chi connectivity index (χ0) is 71.4. The number of rotatable bonds is 13. The molecule has 0 aliphatic carbocycles. The summed E-state index contributed by atoms with van der Waals surface area (Å²) in [6.45, 7) is 5.87. The number of H-pyrrole nitrogens is 3. The Kier molecular flexibility index (Phi) is 17.2. The first-order valence-electron chi connectivity index (χ1n) is 34.6. The number of halogens is 3. The van der Waals surface area contributed by atoms with Gasteiger partial charge in [-0.1, -0.05) is 12.1 Å². The minimum absolute atomic E-state index is 0.00794. The summed E-state index contributed by atoms with van der Waals surface area (Å²) in [7, 11) is 0. The van der Waals surface area contributed by atoms with Crippen LogP contribution in [0.15, 0.2) is 177 Å². The van der Waals surface area contributed by atoms with Crippen molar-refractivity contribution in [3.63, 3.8) is 0 Å². The number of carbonyl (C=O) groups excluding carboxylic acids is 2. The number of fused-ring (bicyclic) bond motifs is 6. The van der Waals surface area contributed by atoms with E-state index in [9.17, 15) is 32.7 Å². The van der Waals surface area contributed by atoms with Crippen LogP contribution in [0.3, 0.4) is 0 Å². The molecule has 11 heterocycles. The minimum atomic E-state index is -0.975. The van der Waals surface area contributed by atoms with Gasteiger partial charge in [0.25, 0.3) is 5.91 Å². The smallest absolute Gasteiger partial charge is 0.335 e. The number of hydrogen-bond donors (Lipinski definition) is 6. The van der Waals surface area contributed by atoms with Crippen LogP contribution in [0.2, 0.25) is 0 Å². The second kappa shape index (κ2) is 27.5. The third kappa shape index (κ3) is 12.5. The third-order valence-electron chi connectivity index (χ3n) is 20.0. The number of aryl methyl sites for hydroxylation is 1. The standard InChI is InChI=1S/C27H24FN5O2.C27H22FN3O3.C25H23FN6O2/c1-15-10-18(13-30-25(15)27(29)34)24-21-12-22-17(14-31-32-22)11-23(21)33(20-4-2-19(28)3-5-20)26(24)16-6-8-35-9-7-16;28-20-5-7-21(8-6-20)31-24-13-19-15-29-30-23(19)14-22(24)25(26(31)17-9-11-34-12-10-17)16-1-3-18(4-2-16)27(32)33;26-18-1-3-19(4-2-18)32-22-9-16-11-28-30-21(16)10-20(22)24(25(32)15-5-7-34-8-6-15)17-12-29-31(13-17)14-23(27)33/h2-5,10-14,16H,6-9H2,1H3,(H2,29,34)(H,31,32);1-8,13-15,17H,9-12H2,(H,29,30)(H,32,33);1-4,9-13,15H,5-8,14H2,(H2,27,33)(H,28,30)/i;15D;. The van der Waals surface area contributed by atoms with Crippen LogP contribution in [0, 0.1) is 24.4 Å². The Labute approximate surface area is 587 Å². The van der Waals surface area contributed by atoms with Crippen LogP contribution < -0.4 is 11.5 Å². The van der Waals surface area contributed by atoms with Crippen molar-refractivity contribution in [2.75, 3.05) is 39.6 Å². The van der Waals surface area contributed by atoms with E-state index < -0.39 is 17.8 Å². The maximum Gasteiger partial charge on any atom is 0.335 e. The first kappa shape index (κ1) is 64.4. The number of aromatic nitrogens is 12. The Morgan fingerprint density at radius 3 is 1.34 bits per heavy atom. The number of carboxylic acids is 1. The Balaban J connectivity index is 0.000000120. The van der Waals surface area contributed by atoms with Crippen LogP contribution in [-0.4, -0.2) is 122 Å². The van der Waals surface area contributed by atoms with Gasteiger partial charge in [0.15, 0.2) is 0 Å². The molecular formula is C79H69F3N14O7. The highest BCUT2D eigenvalue weighted by Crippen LogP contribution is 2.49. The van der Waals surface area contributed by atoms with Crippen LogP contribution >= 0.6 is 0 Å². The number of aromatic carboxylic acids is 1. The van der Waals surface area contributed by atoms with Gasteiger partial charge in [0.2, 0.25) is 5.91 Å². The number of nitrogens with one attached hydrogen (secondary N) is 3. The summed E-state index contributed by atoms with van der Waals surface area (Å²) < 4.78 is 74.9. The van der Waals surface area contributed by atoms with E-state index in [2.05, 4.69) is 78.6 Å². The van der Waals surface area contributed by atoms with E-state index in [0.29, 0.717) is 45.0 Å². The molecule has 7 aromatic carbocycles. The summed E-state index contributed by atoms with van der Waals surface area (Å²) in [5.41, 5.74) is 29.3. The Bertz CT molecular complexity index is 5780. The average molecular weight is 1380 g/mol. The summed E-state index contributed by atoms with van der Waals surface area (Å²) >= 11 is 0. The molecule has 8 N–H and O–H groups in total. The van der Waals surface area contributed by atoms with Gasteiger partial charge >= 0.3 is 5.97 Å². The van der Waals surface area contributed by atoms with Gasteiger partial charge in [0.05, 0.1) is 64.8 Å². The van der Waals surface area contributed by atoms with E-state index in [4.69, 9.17) is 27.0 Å². The maximum atomic E-state index is 13.9. The monoisotopic (exact) mass is 1380 g/mol. The van der Waals surface area contributed by atoms with E-state index in [-0.39, 0.29) is 59.2 Å². The quantitative estimate of drug-likeness (QED) is 0.0628. The number of ether oxygens (including phenoxy) is 3. The Morgan fingerprint density at radius 2 is 0.922 bits per heavy atom. The van der Waals surface area contributed by atoms with Crippen LogP contribution in [0.4, 0.5) is 13.2 Å². The fourth-order valence-electron chi connectivity index (χ4n) is 15.3. The van der Waals surface area contributed by atoms with Crippen molar-refractivity contribution in [1.29, 1.82) is 0 Å². The van der Waals surface area contributed by atoms with E-state index in [1.54, 1.807) is 78.0 Å². The van der Waals surface area contributed by atoms with E-state index in [1.807, 2.05) is 43.5 Å². The lowest BCUT2D eigenvalue weighted by molar-refractivity contribution is -0.118. The molecule has 0 spiro atoms. The number of benzene rings is 7. The van der Waals surface area contributed by atoms with Gasteiger partial charge < -0.3 is 44.5 Å². The molecule has 0 saturated carbocycles. The molecule has 18 rings (SSSR count). The van der Waals surface area contributed by atoms with Gasteiger partial charge in [-0.15, -0.1) is 0 Å². The number of nitrogens with zero attached hydrogens (tertiary/aromatic N) is 9. The van der Waals surface area contributed by atoms with Crippen molar-refractivity contribution in [3.05, 3.63) is 228 Å². The predicted molar refractivity (Wildman–Crippen MR) is 386 cm³/mol. The number of primary amides is 2. The largest absolute Gasteiger partial charge is 0.478 e. The highest BCUT2D eigenvalue weighted by Gasteiger charge is 2.33. The van der Waals surface area contributed by atoms with Gasteiger partial charge in [-0.2, -0.15) is 20.4 Å². The summed E-state index contributed by atoms with van der Waals surface area (Å²) in [5.74, 6) is -2.21. The molecule has 3 saturated heterocycles. The first-order valence-corrected chi connectivity index (χ1v) is 34.1. The van der Waals surface area contributed by atoms with Crippen molar-refractivity contribution >= 4 is 83.2 Å². The first-order chi connectivity index (χ1) is 50.6. The SMILES string of the molecule is Cc1cc(-c2c(C3CCOCC3)n(-c3ccc(F)cc3)c3cc4cn[nH]c4cc23)cnc1C(N)=O.NC(=O)Cn1cc(-c2c(C3CCOCC3)n(-c3ccc(F)cc3)c3cc4cn[nH]c4cc23)cn1.[2H]c1n[nH]c2cc3c(-c4ccc(C(=O)O)cc4)c(C4CCOCC4)n(-c4ccc(F)cc4)c3cc12. The number of nitrogens with two attached hydrogens (primary N) is 2. The molecule has 518 valence electrons. The molecule has 3 aliphatic rings. The fraction of sp³-hybridized carbons (Fsp3) is 0.215. The molecule has 3 aliphatic heterocycles. The molecule has 0 unspecified atom stereocenters. The van der Waals surface area contributed by atoms with Crippen LogP contribution in [0.5, 0.6) is 0 Å². The number of aromatic amines is 3. The lowest BCUT2D eigenvalue weighted by Gasteiger charge is -2.26. The number of amides is 2. The maximum absolute atomic E-state index is 13.9. The molecule has 0 radical (unpaired) electrons. The van der Waals surface area contributed by atoms with Gasteiger partial charge in [0.1, 0.15) is 29.7 Å². The highest BCUT2D eigenvalue weighted by atomic mass is 19.1. The van der Waals surface area contributed by atoms with E-state index >= 15 is 0 Å². The molecule has 0 bridgehead atoms. The molecule has 2 amide bonds. The van der Waals surface area contributed by atoms with Crippen molar-refractivity contribution in [3.8, 4) is 50.4 Å². The van der Waals surface area contributed by atoms with Crippen molar-refractivity contribution in [1.82, 2.24) is 59.1 Å². The van der Waals surface area contributed by atoms with Gasteiger partial charge in [-0.05, 0) is 184 Å². The zero-order valence-electron chi connectivity index (χ0n) is 56.8. The van der Waals surface area contributed by atoms with Crippen molar-refractivity contribution < 1.29 is 48.2 Å². The van der Waals surface area contributed by atoms with Gasteiger partial charge in [0, 0.05) is 164 Å². The van der Waals surface area contributed by atoms with E-state index in [1.165, 1.54) is 36.4 Å². The highest BCUT2D eigenvalue weighted by molar-refractivity contribution is 6.09. The Hall–Kier alpha value is -12.0. The number of carbonyl (C=O) groups is 3. The normalized spacial score (nSPS) is 14.9. The van der Waals surface area contributed by atoms with Crippen LogP contribution in [0.25, 0.3) is 116 Å². The Morgan fingerprint density at radius 1 is 0.515 bits per heavy atom. The molecule has 0 atom stereocenters. The number of pyridine rings is 1. The second-order valence-electron chi connectivity index (χ2n) is 26.3. The van der Waals surface area contributed by atoms with Gasteiger partial charge in [-0.3, -0.25) is 34.6 Å². The number of hydrogen-bond acceptors (Lipinski definition) is 11. The van der Waals surface area contributed by atoms with Crippen molar-refractivity contribution in [2.24, 2.45) is 11.5 Å². The summed E-state index contributed by atoms with van der Waals surface area (Å²) in [4.78, 5) is 39.2. The number of carboxylic acid groups (broad SMARTS) is 1. The van der Waals surface area contributed by atoms with Crippen molar-refractivity contribution in [2.45, 2.75) is 69.7 Å². The zero-order valence-corrected chi connectivity index (χ0v) is 55.8. The van der Waals surface area contributed by atoms with Gasteiger partial charge in [-0.25, -0.2) is 18.0 Å². The third-order valence-corrected chi connectivity index (χ3v) is 20.0. The lowest BCUT2D eigenvalue weighted by Crippen LogP contribution is -2.18. The average Bonchev–Trinajstić information content (AvgIpc) is 1.58. The second-order valence-corrected chi connectivity index (χ2v) is 26.3. The summed E-state index contributed by atoms with van der Waals surface area (Å²) in [6, 6.07) is 40.8. The van der Waals surface area contributed by atoms with Crippen LogP contribution in [-0.2, 0) is 25.5 Å². The molecule has 103 heavy (non-hydrogen) atoms. The summed E-state index contributed by atoms with van der Waals surface area (Å²) in [6.07, 6.45) is 14.3. The molecule has 21 nitrogen and oxygen atoms in total. The lowest BCUT2D eigenvalue weighted by atomic mass is 9.89. The minimum Gasteiger partial charge on any atom is -0.478 e. The molecule has 24 heteroatoms. The predicted octanol–water partition coefficient (Wildman–Crippen LogP) is 14.8. The molecule has 3 fully saturated rings. The topological polar surface area (TPSA) is 283 Å². The fourth-order valence-corrected chi connectivity index (χ4v) is 15.3. The molecule has 8 aromatic heterocycles.